The molecule has 4 rings (SSSR count). The second-order valence-electron chi connectivity index (χ2n) is 7.27. The van der Waals surface area contributed by atoms with Crippen LogP contribution in [0.25, 0.3) is 0 Å². The third kappa shape index (κ3) is 4.93. The van der Waals surface area contributed by atoms with Crippen molar-refractivity contribution >= 4 is 34.9 Å². The minimum absolute atomic E-state index is 0.220. The van der Waals surface area contributed by atoms with Gasteiger partial charge in [-0.2, -0.15) is 15.0 Å². The highest BCUT2D eigenvalue weighted by atomic mass is 35.5. The first-order chi connectivity index (χ1) is 14.1. The van der Waals surface area contributed by atoms with E-state index in [9.17, 15) is 0 Å². The van der Waals surface area contributed by atoms with Crippen LogP contribution >= 0.6 is 11.6 Å². The van der Waals surface area contributed by atoms with Crippen molar-refractivity contribution in [3.63, 3.8) is 0 Å². The number of nitrogens with two attached hydrogens (primary N) is 1. The van der Waals surface area contributed by atoms with Crippen molar-refractivity contribution in [2.24, 2.45) is 0 Å². The van der Waals surface area contributed by atoms with Crippen LogP contribution in [0.2, 0.25) is 5.02 Å². The lowest BCUT2D eigenvalue weighted by Gasteiger charge is -2.33. The van der Waals surface area contributed by atoms with E-state index in [1.165, 1.54) is 10.6 Å². The smallest absolute Gasteiger partial charge is 0.232 e. The van der Waals surface area contributed by atoms with E-state index in [1.807, 2.05) is 31.2 Å². The second-order valence-corrected chi connectivity index (χ2v) is 7.68. The van der Waals surface area contributed by atoms with Gasteiger partial charge in [0.2, 0.25) is 11.9 Å². The third-order valence-corrected chi connectivity index (χ3v) is 5.53. The zero-order chi connectivity index (χ0) is 20.2. The Morgan fingerprint density at radius 2 is 1.83 bits per heavy atom. The summed E-state index contributed by atoms with van der Waals surface area (Å²) in [5, 5.41) is 3.87. The van der Waals surface area contributed by atoms with E-state index in [2.05, 4.69) is 49.4 Å². The monoisotopic (exact) mass is 410 g/mol. The van der Waals surface area contributed by atoms with Gasteiger partial charge >= 0.3 is 0 Å². The lowest BCUT2D eigenvalue weighted by Crippen LogP contribution is -3.13. The molecular formula is C21H25ClN7+. The van der Waals surface area contributed by atoms with E-state index in [4.69, 9.17) is 17.3 Å². The lowest BCUT2D eigenvalue weighted by molar-refractivity contribution is -0.915. The number of benzene rings is 2. The molecule has 0 radical (unpaired) electrons. The summed E-state index contributed by atoms with van der Waals surface area (Å²) in [5.74, 6) is 1.36. The van der Waals surface area contributed by atoms with Crippen LogP contribution < -0.4 is 20.9 Å². The molecule has 1 aromatic heterocycles. The first kappa shape index (κ1) is 19.4. The van der Waals surface area contributed by atoms with E-state index < -0.39 is 0 Å². The molecule has 1 aliphatic heterocycles. The summed E-state index contributed by atoms with van der Waals surface area (Å²) in [5.41, 5.74) is 9.04. The van der Waals surface area contributed by atoms with E-state index in [1.54, 1.807) is 0 Å². The molecule has 4 N–H and O–H groups in total. The Bertz CT molecular complexity index is 972. The predicted molar refractivity (Wildman–Crippen MR) is 117 cm³/mol. The quantitative estimate of drug-likeness (QED) is 0.597. The van der Waals surface area contributed by atoms with Crippen molar-refractivity contribution < 1.29 is 4.90 Å². The number of hydrogen-bond donors (Lipinski definition) is 3. The normalized spacial score (nSPS) is 14.8. The molecule has 0 bridgehead atoms. The molecule has 7 nitrogen and oxygen atoms in total. The Morgan fingerprint density at radius 3 is 2.55 bits per heavy atom. The highest BCUT2D eigenvalue weighted by Crippen LogP contribution is 2.22. The highest BCUT2D eigenvalue weighted by molar-refractivity contribution is 6.31. The van der Waals surface area contributed by atoms with Gasteiger partial charge in [0.15, 0.2) is 5.82 Å². The molecule has 29 heavy (non-hydrogen) atoms. The van der Waals surface area contributed by atoms with Crippen LogP contribution in [0.1, 0.15) is 11.4 Å². The number of hydrogen-bond acceptors (Lipinski definition) is 6. The maximum absolute atomic E-state index is 6.20. The van der Waals surface area contributed by atoms with Gasteiger partial charge in [-0.25, -0.2) is 0 Å². The number of aryl methyl sites for hydroxylation is 1. The first-order valence-electron chi connectivity index (χ1n) is 9.74. The Labute approximate surface area is 175 Å². The number of aromatic nitrogens is 3. The van der Waals surface area contributed by atoms with Crippen molar-refractivity contribution in [3.8, 4) is 0 Å². The molecule has 8 heteroatoms. The van der Waals surface area contributed by atoms with Crippen molar-refractivity contribution in [2.75, 3.05) is 42.1 Å². The largest absolute Gasteiger partial charge is 0.368 e. The molecular weight excluding hydrogens is 386 g/mol. The van der Waals surface area contributed by atoms with E-state index in [-0.39, 0.29) is 5.95 Å². The summed E-state index contributed by atoms with van der Waals surface area (Å²) in [4.78, 5) is 17.0. The summed E-state index contributed by atoms with van der Waals surface area (Å²) < 4.78 is 0. The molecule has 150 valence electrons. The molecule has 0 aliphatic carbocycles. The van der Waals surface area contributed by atoms with Crippen molar-refractivity contribution in [1.82, 2.24) is 15.0 Å². The van der Waals surface area contributed by atoms with Crippen LogP contribution in [-0.2, 0) is 6.54 Å². The van der Waals surface area contributed by atoms with Gasteiger partial charge in [-0.1, -0.05) is 35.9 Å². The number of para-hydroxylation sites is 1. The number of piperazine rings is 1. The van der Waals surface area contributed by atoms with Gasteiger partial charge in [0.05, 0.1) is 26.2 Å². The van der Waals surface area contributed by atoms with Crippen molar-refractivity contribution in [2.45, 2.75) is 13.5 Å². The Kier molecular flexibility index (Phi) is 5.78. The number of rotatable bonds is 5. The molecule has 1 aliphatic rings. The van der Waals surface area contributed by atoms with Crippen LogP contribution in [-0.4, -0.2) is 41.1 Å². The standard InChI is InChI=1S/C21H24ClN7/c1-15-7-8-16(13-18(15)22)24-21-26-19(25-20(23)27-21)14-28-9-11-29(12-10-28)17-5-3-2-4-6-17/h2-8,13H,9-12,14H2,1H3,(H3,23,24,25,26,27)/p+1. The van der Waals surface area contributed by atoms with Gasteiger partial charge < -0.3 is 20.9 Å². The third-order valence-electron chi connectivity index (χ3n) is 5.13. The zero-order valence-corrected chi connectivity index (χ0v) is 17.2. The first-order valence-corrected chi connectivity index (χ1v) is 10.1. The van der Waals surface area contributed by atoms with Gasteiger partial charge in [-0.3, -0.25) is 0 Å². The van der Waals surface area contributed by atoms with Crippen LogP contribution in [0.4, 0.5) is 23.3 Å². The number of anilines is 4. The molecule has 2 aromatic carbocycles. The van der Waals surface area contributed by atoms with Gasteiger partial charge in [0.1, 0.15) is 6.54 Å². The Morgan fingerprint density at radius 1 is 1.07 bits per heavy atom. The summed E-state index contributed by atoms with van der Waals surface area (Å²) >= 11 is 6.20. The summed E-state index contributed by atoms with van der Waals surface area (Å²) in [7, 11) is 0. The number of nitrogen functional groups attached to an aromatic ring is 1. The fraction of sp³-hybridized carbons (Fsp3) is 0.286. The van der Waals surface area contributed by atoms with Gasteiger partial charge in [0.25, 0.3) is 0 Å². The van der Waals surface area contributed by atoms with E-state index in [0.29, 0.717) is 16.8 Å². The maximum atomic E-state index is 6.20. The molecule has 1 fully saturated rings. The number of nitrogens with one attached hydrogen (secondary N) is 2. The van der Waals surface area contributed by atoms with E-state index in [0.717, 1.165) is 44.0 Å². The molecule has 3 aromatic rings. The maximum Gasteiger partial charge on any atom is 0.232 e. The molecule has 0 saturated carbocycles. The molecule has 0 atom stereocenters. The van der Waals surface area contributed by atoms with Gasteiger partial charge in [-0.15, -0.1) is 0 Å². The van der Waals surface area contributed by atoms with Crippen LogP contribution in [0, 0.1) is 6.92 Å². The minimum atomic E-state index is 0.220. The lowest BCUT2D eigenvalue weighted by atomic mass is 10.2. The zero-order valence-electron chi connectivity index (χ0n) is 16.4. The van der Waals surface area contributed by atoms with Crippen molar-refractivity contribution in [1.29, 1.82) is 0 Å². The van der Waals surface area contributed by atoms with Gasteiger partial charge in [0, 0.05) is 16.4 Å². The van der Waals surface area contributed by atoms with Gasteiger partial charge in [-0.05, 0) is 36.8 Å². The number of halogens is 1. The predicted octanol–water partition coefficient (Wildman–Crippen LogP) is 2.06. The topological polar surface area (TPSA) is 84.4 Å². The molecule has 0 spiro atoms. The van der Waals surface area contributed by atoms with Crippen LogP contribution in [0.3, 0.4) is 0 Å². The van der Waals surface area contributed by atoms with E-state index >= 15 is 0 Å². The number of nitrogens with zero attached hydrogens (tertiary/aromatic N) is 4. The summed E-state index contributed by atoms with van der Waals surface area (Å²) in [6.07, 6.45) is 0. The average Bonchev–Trinajstić information content (AvgIpc) is 2.72. The summed E-state index contributed by atoms with van der Waals surface area (Å²) in [6.45, 7) is 6.75. The van der Waals surface area contributed by atoms with Crippen LogP contribution in [0.15, 0.2) is 48.5 Å². The van der Waals surface area contributed by atoms with Crippen LogP contribution in [0.5, 0.6) is 0 Å². The molecule has 0 amide bonds. The Balaban J connectivity index is 1.40. The molecule has 2 heterocycles. The fourth-order valence-corrected chi connectivity index (χ4v) is 3.67. The fourth-order valence-electron chi connectivity index (χ4n) is 3.49. The highest BCUT2D eigenvalue weighted by Gasteiger charge is 2.21. The molecule has 1 saturated heterocycles. The summed E-state index contributed by atoms with van der Waals surface area (Å²) in [6, 6.07) is 16.3. The SMILES string of the molecule is Cc1ccc(Nc2nc(N)nc(C[NH+]3CCN(c4ccccc4)CC3)n2)cc1Cl. The Hall–Kier alpha value is -2.90. The minimum Gasteiger partial charge on any atom is -0.368 e. The average molecular weight is 411 g/mol. The van der Waals surface area contributed by atoms with Crippen molar-refractivity contribution in [3.05, 3.63) is 64.9 Å². The number of quaternary nitrogens is 1. The second kappa shape index (κ2) is 8.63. The molecule has 0 unspecified atom stereocenters.